The molecule has 220 valence electrons. The van der Waals surface area contributed by atoms with Crippen LogP contribution in [0.25, 0.3) is 0 Å². The highest BCUT2D eigenvalue weighted by atomic mass is 32.2. The Kier molecular flexibility index (Phi) is 10.1. The second kappa shape index (κ2) is 13.6. The van der Waals surface area contributed by atoms with Crippen molar-refractivity contribution in [3.05, 3.63) is 83.8 Å². The summed E-state index contributed by atoms with van der Waals surface area (Å²) in [6, 6.07) is 16.0. The number of nitrogens with zero attached hydrogens (tertiary/aromatic N) is 2. The van der Waals surface area contributed by atoms with Crippen LogP contribution in [0.15, 0.2) is 71.9 Å². The standard InChI is InChI=1S/C32H42N4O4S/c1-2-3-4-5-6-7-8-18-31(19-20-31)26-16-14-25(15-17-26)22-32(33,41(39,40)27-11-10-21-34-23-27)28-12-9-13-29(36-28)35-24-30(37)38/h9-17,21,23H,2-8,18-20,22,24,33H2,1H3,(H,35,36)(H,37,38). The van der Waals surface area contributed by atoms with E-state index in [1.54, 1.807) is 24.3 Å². The van der Waals surface area contributed by atoms with E-state index in [1.165, 1.54) is 88.2 Å². The minimum Gasteiger partial charge on any atom is -0.480 e. The summed E-state index contributed by atoms with van der Waals surface area (Å²) in [5.41, 5.74) is 9.28. The first kappa shape index (κ1) is 30.7. The Bertz CT molecular complexity index is 1390. The normalized spacial score (nSPS) is 15.7. The molecule has 1 aromatic carbocycles. The first-order chi connectivity index (χ1) is 19.7. The summed E-state index contributed by atoms with van der Waals surface area (Å²) in [6.07, 6.45) is 15.4. The molecule has 0 bridgehead atoms. The molecule has 1 saturated carbocycles. The fraction of sp³-hybridized carbons (Fsp3) is 0.469. The average molecular weight is 579 g/mol. The van der Waals surface area contributed by atoms with Crippen LogP contribution in [0.1, 0.15) is 88.0 Å². The monoisotopic (exact) mass is 578 g/mol. The highest BCUT2D eigenvalue weighted by Crippen LogP contribution is 2.52. The third kappa shape index (κ3) is 7.51. The number of hydrogen-bond donors (Lipinski definition) is 3. The number of aromatic nitrogens is 2. The molecule has 8 nitrogen and oxygen atoms in total. The number of carboxylic acid groups (broad SMARTS) is 1. The number of unbranched alkanes of at least 4 members (excludes halogenated alkanes) is 6. The summed E-state index contributed by atoms with van der Waals surface area (Å²) in [4.78, 5) is 17.6. The van der Waals surface area contributed by atoms with Crippen molar-refractivity contribution in [3.8, 4) is 0 Å². The van der Waals surface area contributed by atoms with Crippen LogP contribution in [-0.4, -0.2) is 36.0 Å². The van der Waals surface area contributed by atoms with Gasteiger partial charge in [0.15, 0.2) is 4.87 Å². The number of sulfone groups is 1. The molecule has 0 spiro atoms. The maximum Gasteiger partial charge on any atom is 0.322 e. The lowest BCUT2D eigenvalue weighted by atomic mass is 9.88. The molecule has 4 rings (SSSR count). The largest absolute Gasteiger partial charge is 0.480 e. The van der Waals surface area contributed by atoms with Crippen molar-refractivity contribution in [2.75, 3.05) is 11.9 Å². The van der Waals surface area contributed by atoms with Crippen LogP contribution in [0.4, 0.5) is 5.82 Å². The highest BCUT2D eigenvalue weighted by Gasteiger charge is 2.46. The van der Waals surface area contributed by atoms with Gasteiger partial charge in [-0.3, -0.25) is 9.78 Å². The zero-order chi connectivity index (χ0) is 29.3. The molecule has 1 unspecified atom stereocenters. The number of rotatable bonds is 17. The Morgan fingerprint density at radius 3 is 2.34 bits per heavy atom. The number of aliphatic carboxylic acids is 1. The van der Waals surface area contributed by atoms with Gasteiger partial charge in [-0.25, -0.2) is 13.4 Å². The summed E-state index contributed by atoms with van der Waals surface area (Å²) < 4.78 is 28.0. The molecule has 41 heavy (non-hydrogen) atoms. The van der Waals surface area contributed by atoms with Gasteiger partial charge < -0.3 is 16.2 Å². The molecule has 2 heterocycles. The number of pyridine rings is 2. The van der Waals surface area contributed by atoms with Gasteiger partial charge in [0.05, 0.1) is 10.6 Å². The molecule has 1 atom stereocenters. The maximum absolute atomic E-state index is 14.0. The fourth-order valence-electron chi connectivity index (χ4n) is 5.51. The summed E-state index contributed by atoms with van der Waals surface area (Å²) in [7, 11) is -4.14. The van der Waals surface area contributed by atoms with Crippen molar-refractivity contribution < 1.29 is 18.3 Å². The number of nitrogens with two attached hydrogens (primary N) is 1. The van der Waals surface area contributed by atoms with Crippen molar-refractivity contribution >= 4 is 21.6 Å². The summed E-state index contributed by atoms with van der Waals surface area (Å²) >= 11 is 0. The quantitative estimate of drug-likeness (QED) is 0.167. The summed E-state index contributed by atoms with van der Waals surface area (Å²) in [5, 5.41) is 11.7. The molecular formula is C32H42N4O4S. The van der Waals surface area contributed by atoms with E-state index < -0.39 is 20.7 Å². The van der Waals surface area contributed by atoms with Gasteiger partial charge in [0.25, 0.3) is 0 Å². The van der Waals surface area contributed by atoms with E-state index in [-0.39, 0.29) is 34.8 Å². The number of hydrogen-bond acceptors (Lipinski definition) is 7. The van der Waals surface area contributed by atoms with Gasteiger partial charge >= 0.3 is 5.97 Å². The van der Waals surface area contributed by atoms with Crippen molar-refractivity contribution in [1.82, 2.24) is 9.97 Å². The number of carboxylic acids is 1. The minimum atomic E-state index is -4.14. The fourth-order valence-corrected chi connectivity index (χ4v) is 7.13. The Balaban J connectivity index is 1.54. The Hall–Kier alpha value is -3.30. The maximum atomic E-state index is 14.0. The third-order valence-corrected chi connectivity index (χ3v) is 10.3. The van der Waals surface area contributed by atoms with Gasteiger partial charge in [-0.05, 0) is 60.1 Å². The SMILES string of the molecule is CCCCCCCCCC1(c2ccc(CC(N)(c3cccc(NCC(=O)O)n3)S(=O)(=O)c3cccnc3)cc2)CC1. The van der Waals surface area contributed by atoms with Crippen LogP contribution in [0.2, 0.25) is 0 Å². The molecule has 9 heteroatoms. The van der Waals surface area contributed by atoms with Crippen molar-refractivity contribution in [2.24, 2.45) is 5.73 Å². The molecule has 3 aromatic rings. The first-order valence-electron chi connectivity index (χ1n) is 14.7. The Morgan fingerprint density at radius 1 is 1.00 bits per heavy atom. The van der Waals surface area contributed by atoms with Gasteiger partial charge in [0, 0.05) is 18.8 Å². The molecule has 0 amide bonds. The zero-order valence-corrected chi connectivity index (χ0v) is 24.7. The second-order valence-electron chi connectivity index (χ2n) is 11.3. The molecule has 0 aliphatic heterocycles. The predicted molar refractivity (Wildman–Crippen MR) is 161 cm³/mol. The lowest BCUT2D eigenvalue weighted by Gasteiger charge is -2.29. The van der Waals surface area contributed by atoms with E-state index in [1.807, 2.05) is 12.1 Å². The Morgan fingerprint density at radius 2 is 1.71 bits per heavy atom. The van der Waals surface area contributed by atoms with E-state index in [9.17, 15) is 13.2 Å². The molecule has 1 aliphatic rings. The van der Waals surface area contributed by atoms with Crippen LogP contribution in [-0.2, 0) is 31.3 Å². The van der Waals surface area contributed by atoms with E-state index in [0.29, 0.717) is 0 Å². The van der Waals surface area contributed by atoms with Crippen molar-refractivity contribution in [3.63, 3.8) is 0 Å². The summed E-state index contributed by atoms with van der Waals surface area (Å²) in [5.74, 6) is -0.822. The number of benzene rings is 1. The molecule has 0 radical (unpaired) electrons. The third-order valence-electron chi connectivity index (χ3n) is 8.17. The average Bonchev–Trinajstić information content (AvgIpc) is 3.77. The van der Waals surface area contributed by atoms with Crippen LogP contribution in [0.5, 0.6) is 0 Å². The lowest BCUT2D eigenvalue weighted by molar-refractivity contribution is -0.134. The molecule has 1 fully saturated rings. The van der Waals surface area contributed by atoms with Gasteiger partial charge in [-0.2, -0.15) is 0 Å². The second-order valence-corrected chi connectivity index (χ2v) is 13.5. The van der Waals surface area contributed by atoms with E-state index >= 15 is 0 Å². The van der Waals surface area contributed by atoms with Gasteiger partial charge in [-0.1, -0.05) is 82.2 Å². The van der Waals surface area contributed by atoms with Crippen LogP contribution >= 0.6 is 0 Å². The number of carbonyl (C=O) groups is 1. The van der Waals surface area contributed by atoms with Crippen LogP contribution in [0, 0.1) is 0 Å². The van der Waals surface area contributed by atoms with Gasteiger partial charge in [0.1, 0.15) is 12.4 Å². The molecule has 0 saturated heterocycles. The van der Waals surface area contributed by atoms with Gasteiger partial charge in [0.2, 0.25) is 9.84 Å². The summed E-state index contributed by atoms with van der Waals surface area (Å²) in [6.45, 7) is 1.89. The van der Waals surface area contributed by atoms with E-state index in [4.69, 9.17) is 10.8 Å². The first-order valence-corrected chi connectivity index (χ1v) is 16.1. The molecule has 2 aromatic heterocycles. The molecular weight excluding hydrogens is 536 g/mol. The predicted octanol–water partition coefficient (Wildman–Crippen LogP) is 5.97. The highest BCUT2D eigenvalue weighted by molar-refractivity contribution is 7.92. The van der Waals surface area contributed by atoms with Crippen molar-refractivity contribution in [2.45, 2.75) is 92.7 Å². The number of nitrogens with one attached hydrogen (secondary N) is 1. The van der Waals surface area contributed by atoms with Crippen LogP contribution < -0.4 is 11.1 Å². The van der Waals surface area contributed by atoms with Crippen molar-refractivity contribution in [1.29, 1.82) is 0 Å². The molecule has 4 N–H and O–H groups in total. The lowest BCUT2D eigenvalue weighted by Crippen LogP contribution is -2.47. The van der Waals surface area contributed by atoms with Gasteiger partial charge in [-0.15, -0.1) is 0 Å². The zero-order valence-electron chi connectivity index (χ0n) is 23.9. The topological polar surface area (TPSA) is 135 Å². The smallest absolute Gasteiger partial charge is 0.322 e. The van der Waals surface area contributed by atoms with E-state index in [2.05, 4.69) is 34.3 Å². The Labute approximate surface area is 243 Å². The molecule has 1 aliphatic carbocycles. The minimum absolute atomic E-state index is 0.00329. The number of anilines is 1. The van der Waals surface area contributed by atoms with E-state index in [0.717, 1.165) is 5.56 Å². The van der Waals surface area contributed by atoms with Crippen LogP contribution in [0.3, 0.4) is 0 Å².